The van der Waals surface area contributed by atoms with Crippen LogP contribution < -0.4 is 9.64 Å². The summed E-state index contributed by atoms with van der Waals surface area (Å²) < 4.78 is 68.1. The lowest BCUT2D eigenvalue weighted by Gasteiger charge is -2.34. The van der Waals surface area contributed by atoms with Gasteiger partial charge in [-0.05, 0) is 31.0 Å². The van der Waals surface area contributed by atoms with E-state index in [1.807, 2.05) is 24.8 Å². The maximum absolute atomic E-state index is 12.7. The highest BCUT2D eigenvalue weighted by Crippen LogP contribution is 2.34. The Hall–Kier alpha value is -2.01. The average molecular weight is 422 g/mol. The predicted molar refractivity (Wildman–Crippen MR) is 94.9 cm³/mol. The van der Waals surface area contributed by atoms with Crippen molar-refractivity contribution in [3.63, 3.8) is 0 Å². The summed E-state index contributed by atoms with van der Waals surface area (Å²) in [6.07, 6.45) is -4.50. The third-order valence-corrected chi connectivity index (χ3v) is 5.62. The van der Waals surface area contributed by atoms with Crippen LogP contribution in [0, 0.1) is 13.8 Å². The lowest BCUT2D eigenvalue weighted by molar-refractivity contribution is -0.138. The van der Waals surface area contributed by atoms with Crippen molar-refractivity contribution in [2.24, 2.45) is 0 Å². The van der Waals surface area contributed by atoms with Crippen LogP contribution in [0.1, 0.15) is 21.7 Å². The zero-order chi connectivity index (χ0) is 20.5. The zero-order valence-corrected chi connectivity index (χ0v) is 16.1. The van der Waals surface area contributed by atoms with E-state index in [0.717, 1.165) is 11.1 Å². The lowest BCUT2D eigenvalue weighted by atomic mass is 10.0. The van der Waals surface area contributed by atoms with Gasteiger partial charge in [0.2, 0.25) is 10.1 Å². The van der Waals surface area contributed by atoms with Crippen molar-refractivity contribution >= 4 is 16.5 Å². The number of nitrogens with zero attached hydrogens (tertiary/aromatic N) is 4. The molecule has 1 fully saturated rings. The Morgan fingerprint density at radius 2 is 1.71 bits per heavy atom. The van der Waals surface area contributed by atoms with Crippen molar-refractivity contribution in [3.8, 4) is 5.75 Å². The van der Waals surface area contributed by atoms with Gasteiger partial charge in [-0.25, -0.2) is 0 Å². The minimum atomic E-state index is -4.50. The van der Waals surface area contributed by atoms with Crippen LogP contribution >= 0.6 is 11.3 Å². The number of piperazine rings is 1. The molecule has 1 aliphatic rings. The summed E-state index contributed by atoms with van der Waals surface area (Å²) >= 11 is 0.521. The molecular weight excluding hydrogens is 403 g/mol. The van der Waals surface area contributed by atoms with Gasteiger partial charge >= 0.3 is 12.8 Å². The van der Waals surface area contributed by atoms with Gasteiger partial charge in [0.1, 0.15) is 5.75 Å². The number of aromatic nitrogens is 2. The summed E-state index contributed by atoms with van der Waals surface area (Å²) in [4.78, 5) is 3.80. The maximum atomic E-state index is 12.7. The van der Waals surface area contributed by atoms with Gasteiger partial charge in [-0.15, -0.1) is 10.2 Å². The molecule has 1 aliphatic heterocycles. The van der Waals surface area contributed by atoms with Crippen LogP contribution in [0.5, 0.6) is 5.75 Å². The number of anilines is 1. The Labute approximate surface area is 162 Å². The number of hydrogen-bond acceptors (Lipinski definition) is 6. The summed E-state index contributed by atoms with van der Waals surface area (Å²) in [5.74, 6) is 0.152. The molecule has 5 nitrogen and oxygen atoms in total. The highest BCUT2D eigenvalue weighted by molar-refractivity contribution is 7.15. The third kappa shape index (κ3) is 4.88. The minimum absolute atomic E-state index is 0.152. The summed E-state index contributed by atoms with van der Waals surface area (Å²) in [7, 11) is 0. The Bertz CT molecular complexity index is 818. The first kappa shape index (κ1) is 20.7. The van der Waals surface area contributed by atoms with E-state index in [4.69, 9.17) is 0 Å². The highest BCUT2D eigenvalue weighted by Gasteiger charge is 2.36. The molecular formula is C17H19F5N4OS. The van der Waals surface area contributed by atoms with E-state index in [9.17, 15) is 22.0 Å². The van der Waals surface area contributed by atoms with Gasteiger partial charge < -0.3 is 9.64 Å². The van der Waals surface area contributed by atoms with Crippen LogP contribution in [-0.4, -0.2) is 47.9 Å². The molecule has 0 bridgehead atoms. The van der Waals surface area contributed by atoms with Gasteiger partial charge in [0.15, 0.2) is 0 Å². The van der Waals surface area contributed by atoms with E-state index in [0.29, 0.717) is 49.6 Å². The maximum Gasteiger partial charge on any atom is 0.445 e. The molecule has 11 heteroatoms. The molecule has 1 aromatic carbocycles. The molecule has 0 N–H and O–H groups in total. The van der Waals surface area contributed by atoms with Gasteiger partial charge in [0.05, 0.1) is 0 Å². The van der Waals surface area contributed by atoms with Gasteiger partial charge in [-0.2, -0.15) is 22.0 Å². The summed E-state index contributed by atoms with van der Waals surface area (Å²) in [5, 5.41) is 6.12. The lowest BCUT2D eigenvalue weighted by Crippen LogP contribution is -2.46. The topological polar surface area (TPSA) is 41.5 Å². The van der Waals surface area contributed by atoms with Crippen molar-refractivity contribution < 1.29 is 26.7 Å². The van der Waals surface area contributed by atoms with Crippen LogP contribution in [-0.2, 0) is 12.7 Å². The second-order valence-electron chi connectivity index (χ2n) is 6.57. The standard InChI is InChI=1S/C17H19F5N4OS/c1-10-7-12(13(8-11(10)2)27-15(18)19)9-25-3-5-26(6-4-25)16-24-23-14(28-16)17(20,21)22/h7-8,15H,3-6,9H2,1-2H3. The molecule has 154 valence electrons. The number of benzene rings is 1. The SMILES string of the molecule is Cc1cc(CN2CCN(c3nnc(C(F)(F)F)s3)CC2)c(OC(F)F)cc1C. The fourth-order valence-electron chi connectivity index (χ4n) is 2.97. The van der Waals surface area contributed by atoms with Crippen LogP contribution in [0.2, 0.25) is 0 Å². The summed E-state index contributed by atoms with van der Waals surface area (Å²) in [5.41, 5.74) is 2.50. The molecule has 0 spiro atoms. The smallest absolute Gasteiger partial charge is 0.434 e. The fourth-order valence-corrected chi connectivity index (χ4v) is 3.74. The van der Waals surface area contributed by atoms with E-state index >= 15 is 0 Å². The van der Waals surface area contributed by atoms with Crippen molar-refractivity contribution in [1.29, 1.82) is 0 Å². The van der Waals surface area contributed by atoms with E-state index in [1.54, 1.807) is 11.0 Å². The molecule has 1 aromatic heterocycles. The Kier molecular flexibility index (Phi) is 6.04. The molecule has 1 saturated heterocycles. The predicted octanol–water partition coefficient (Wildman–Crippen LogP) is 4.10. The Morgan fingerprint density at radius 1 is 1.07 bits per heavy atom. The second kappa shape index (κ2) is 8.16. The zero-order valence-electron chi connectivity index (χ0n) is 15.3. The Balaban J connectivity index is 1.64. The number of aryl methyl sites for hydroxylation is 2. The Morgan fingerprint density at radius 3 is 2.29 bits per heavy atom. The molecule has 28 heavy (non-hydrogen) atoms. The third-order valence-electron chi connectivity index (χ3n) is 4.59. The van der Waals surface area contributed by atoms with E-state index < -0.39 is 17.8 Å². The van der Waals surface area contributed by atoms with Crippen molar-refractivity contribution in [3.05, 3.63) is 33.8 Å². The number of rotatable bonds is 5. The van der Waals surface area contributed by atoms with Crippen molar-refractivity contribution in [2.75, 3.05) is 31.1 Å². The molecule has 2 heterocycles. The molecule has 0 radical (unpaired) electrons. The number of alkyl halides is 5. The highest BCUT2D eigenvalue weighted by atomic mass is 32.1. The number of halogens is 5. The quantitative estimate of drug-likeness (QED) is 0.679. The summed E-state index contributed by atoms with van der Waals surface area (Å²) in [6.45, 7) is 3.30. The van der Waals surface area contributed by atoms with Gasteiger partial charge in [0, 0.05) is 38.3 Å². The van der Waals surface area contributed by atoms with E-state index in [1.165, 1.54) is 0 Å². The molecule has 0 aliphatic carbocycles. The van der Waals surface area contributed by atoms with Gasteiger partial charge in [0.25, 0.3) is 0 Å². The molecule has 0 saturated carbocycles. The van der Waals surface area contributed by atoms with Crippen molar-refractivity contribution in [2.45, 2.75) is 33.2 Å². The first-order chi connectivity index (χ1) is 13.1. The summed E-state index contributed by atoms with van der Waals surface area (Å²) in [6, 6.07) is 3.44. The van der Waals surface area contributed by atoms with Crippen molar-refractivity contribution in [1.82, 2.24) is 15.1 Å². The van der Waals surface area contributed by atoms with E-state index in [-0.39, 0.29) is 10.9 Å². The minimum Gasteiger partial charge on any atom is -0.434 e. The second-order valence-corrected chi connectivity index (χ2v) is 7.53. The van der Waals surface area contributed by atoms with Crippen LogP contribution in [0.3, 0.4) is 0 Å². The number of hydrogen-bond donors (Lipinski definition) is 0. The molecule has 2 aromatic rings. The monoisotopic (exact) mass is 422 g/mol. The van der Waals surface area contributed by atoms with E-state index in [2.05, 4.69) is 14.9 Å². The van der Waals surface area contributed by atoms with Gasteiger partial charge in [-0.1, -0.05) is 17.4 Å². The normalized spacial score (nSPS) is 16.1. The van der Waals surface area contributed by atoms with Crippen LogP contribution in [0.4, 0.5) is 27.1 Å². The molecule has 0 amide bonds. The first-order valence-electron chi connectivity index (χ1n) is 8.56. The molecule has 0 unspecified atom stereocenters. The largest absolute Gasteiger partial charge is 0.445 e. The first-order valence-corrected chi connectivity index (χ1v) is 9.38. The molecule has 0 atom stereocenters. The van der Waals surface area contributed by atoms with Gasteiger partial charge in [-0.3, -0.25) is 4.90 Å². The number of ether oxygens (including phenoxy) is 1. The average Bonchev–Trinajstić information content (AvgIpc) is 3.10. The van der Waals surface area contributed by atoms with Crippen LogP contribution in [0.25, 0.3) is 0 Å². The fraction of sp³-hybridized carbons (Fsp3) is 0.529. The van der Waals surface area contributed by atoms with Crippen LogP contribution in [0.15, 0.2) is 12.1 Å². The molecule has 3 rings (SSSR count).